The Morgan fingerprint density at radius 3 is 2.64 bits per heavy atom. The largest absolute Gasteiger partial charge is 0.370 e. The molecule has 1 rings (SSSR count). The molecule has 0 spiro atoms. The van der Waals surface area contributed by atoms with Gasteiger partial charge >= 0.3 is 0 Å². The Kier molecular flexibility index (Phi) is 3.72. The Hall–Kier alpha value is -0.220. The average Bonchev–Trinajstić information content (AvgIpc) is 2.03. The van der Waals surface area contributed by atoms with Crippen LogP contribution in [0, 0.1) is 0 Å². The first kappa shape index (κ1) is 8.87. The summed E-state index contributed by atoms with van der Waals surface area (Å²) < 4.78 is 0. The molecule has 1 amide bonds. The fraction of sp³-hybridized carbons (Fsp3) is 0.857. The number of hydrogen-bond donors (Lipinski definition) is 1. The predicted molar refractivity (Wildman–Crippen MR) is 47.6 cm³/mol. The molecule has 0 aliphatic carbocycles. The lowest BCUT2D eigenvalue weighted by atomic mass is 10.3. The van der Waals surface area contributed by atoms with E-state index in [1.165, 1.54) is 11.5 Å². The third-order valence-corrected chi connectivity index (χ3v) is 2.72. The first-order valence-electron chi connectivity index (χ1n) is 3.87. The molecule has 1 saturated heterocycles. The summed E-state index contributed by atoms with van der Waals surface area (Å²) in [4.78, 5) is 12.7. The van der Waals surface area contributed by atoms with Crippen LogP contribution in [-0.4, -0.2) is 41.9 Å². The summed E-state index contributed by atoms with van der Waals surface area (Å²) in [6, 6.07) is 0. The molecular weight excluding hydrogens is 160 g/mol. The van der Waals surface area contributed by atoms with E-state index >= 15 is 0 Å². The number of amides is 1. The summed E-state index contributed by atoms with van der Waals surface area (Å²) in [5, 5.41) is 0. The summed E-state index contributed by atoms with van der Waals surface area (Å²) in [6.45, 7) is 3.06. The molecule has 4 heteroatoms. The van der Waals surface area contributed by atoms with E-state index < -0.39 is 0 Å². The number of thioether (sulfide) groups is 1. The van der Waals surface area contributed by atoms with Crippen LogP contribution in [0.15, 0.2) is 0 Å². The molecule has 1 fully saturated rings. The van der Waals surface area contributed by atoms with Gasteiger partial charge in [0.1, 0.15) is 0 Å². The van der Waals surface area contributed by atoms with Crippen LogP contribution in [-0.2, 0) is 4.79 Å². The monoisotopic (exact) mass is 174 g/mol. The maximum Gasteiger partial charge on any atom is 0.218 e. The quantitative estimate of drug-likeness (QED) is 0.650. The molecule has 0 bridgehead atoms. The lowest BCUT2D eigenvalue weighted by Gasteiger charge is -2.25. The van der Waals surface area contributed by atoms with Gasteiger partial charge in [-0.15, -0.1) is 0 Å². The van der Waals surface area contributed by atoms with Crippen molar-refractivity contribution in [1.29, 1.82) is 0 Å². The molecule has 0 atom stereocenters. The zero-order chi connectivity index (χ0) is 8.10. The lowest BCUT2D eigenvalue weighted by Crippen LogP contribution is -2.35. The van der Waals surface area contributed by atoms with Gasteiger partial charge in [-0.2, -0.15) is 11.8 Å². The van der Waals surface area contributed by atoms with E-state index in [2.05, 4.69) is 4.90 Å². The van der Waals surface area contributed by atoms with Crippen molar-refractivity contribution in [3.63, 3.8) is 0 Å². The molecule has 0 radical (unpaired) electrons. The number of carbonyl (C=O) groups excluding carboxylic acids is 1. The number of carbonyl (C=O) groups is 1. The van der Waals surface area contributed by atoms with Gasteiger partial charge in [0.15, 0.2) is 0 Å². The summed E-state index contributed by atoms with van der Waals surface area (Å²) in [6.07, 6.45) is 0.505. The van der Waals surface area contributed by atoms with Gasteiger partial charge in [0, 0.05) is 37.6 Å². The Balaban J connectivity index is 2.09. The Labute approximate surface area is 71.3 Å². The number of nitrogens with zero attached hydrogens (tertiary/aromatic N) is 1. The van der Waals surface area contributed by atoms with Gasteiger partial charge in [-0.1, -0.05) is 0 Å². The standard InChI is InChI=1S/C7H14N2OS/c8-7(10)1-2-9-3-5-11-6-4-9/h1-6H2,(H2,8,10). The second-order valence-electron chi connectivity index (χ2n) is 2.67. The van der Waals surface area contributed by atoms with Gasteiger partial charge in [0.2, 0.25) is 5.91 Å². The van der Waals surface area contributed by atoms with Crippen molar-refractivity contribution in [1.82, 2.24) is 4.90 Å². The molecule has 0 unspecified atom stereocenters. The molecule has 3 nitrogen and oxygen atoms in total. The minimum atomic E-state index is -0.191. The fourth-order valence-electron chi connectivity index (χ4n) is 1.09. The van der Waals surface area contributed by atoms with Crippen LogP contribution in [0.3, 0.4) is 0 Å². The van der Waals surface area contributed by atoms with Gasteiger partial charge < -0.3 is 10.6 Å². The maximum absolute atomic E-state index is 10.4. The van der Waals surface area contributed by atoms with Crippen LogP contribution in [0.1, 0.15) is 6.42 Å². The van der Waals surface area contributed by atoms with Gasteiger partial charge in [-0.05, 0) is 0 Å². The summed E-state index contributed by atoms with van der Waals surface area (Å²) >= 11 is 1.98. The van der Waals surface area contributed by atoms with E-state index in [0.717, 1.165) is 19.6 Å². The second-order valence-corrected chi connectivity index (χ2v) is 3.90. The van der Waals surface area contributed by atoms with Gasteiger partial charge in [0.25, 0.3) is 0 Å². The van der Waals surface area contributed by atoms with E-state index in [9.17, 15) is 4.79 Å². The second kappa shape index (κ2) is 4.62. The maximum atomic E-state index is 10.4. The number of nitrogens with two attached hydrogens (primary N) is 1. The van der Waals surface area contributed by atoms with Crippen LogP contribution in [0.2, 0.25) is 0 Å². The molecule has 64 valence electrons. The molecule has 0 aromatic heterocycles. The Morgan fingerprint density at radius 2 is 2.09 bits per heavy atom. The van der Waals surface area contributed by atoms with Crippen molar-refractivity contribution in [2.75, 3.05) is 31.1 Å². The zero-order valence-electron chi connectivity index (χ0n) is 6.58. The Morgan fingerprint density at radius 1 is 1.45 bits per heavy atom. The minimum Gasteiger partial charge on any atom is -0.370 e. The normalized spacial score (nSPS) is 20.0. The lowest BCUT2D eigenvalue weighted by molar-refractivity contribution is -0.118. The molecular formula is C7H14N2OS. The van der Waals surface area contributed by atoms with Crippen LogP contribution < -0.4 is 5.73 Å². The molecule has 11 heavy (non-hydrogen) atoms. The van der Waals surface area contributed by atoms with Crippen molar-refractivity contribution in [3.8, 4) is 0 Å². The molecule has 1 heterocycles. The molecule has 1 aliphatic heterocycles. The molecule has 0 aromatic carbocycles. The third-order valence-electron chi connectivity index (χ3n) is 1.78. The van der Waals surface area contributed by atoms with Crippen molar-refractivity contribution >= 4 is 17.7 Å². The summed E-state index contributed by atoms with van der Waals surface area (Å²) in [5.41, 5.74) is 5.04. The van der Waals surface area contributed by atoms with Crippen molar-refractivity contribution < 1.29 is 4.79 Å². The van der Waals surface area contributed by atoms with Crippen molar-refractivity contribution in [2.45, 2.75) is 6.42 Å². The van der Waals surface area contributed by atoms with Crippen molar-refractivity contribution in [3.05, 3.63) is 0 Å². The predicted octanol–water partition coefficient (Wildman–Crippen LogP) is -0.0894. The van der Waals surface area contributed by atoms with E-state index in [-0.39, 0.29) is 5.91 Å². The highest BCUT2D eigenvalue weighted by atomic mass is 32.2. The average molecular weight is 174 g/mol. The van der Waals surface area contributed by atoms with Crippen LogP contribution in [0.4, 0.5) is 0 Å². The highest BCUT2D eigenvalue weighted by Crippen LogP contribution is 2.08. The van der Waals surface area contributed by atoms with Gasteiger partial charge in [0.05, 0.1) is 0 Å². The first-order chi connectivity index (χ1) is 5.29. The smallest absolute Gasteiger partial charge is 0.218 e. The van der Waals surface area contributed by atoms with Crippen LogP contribution in [0.5, 0.6) is 0 Å². The SMILES string of the molecule is NC(=O)CCN1CCSCC1. The highest BCUT2D eigenvalue weighted by molar-refractivity contribution is 7.99. The van der Waals surface area contributed by atoms with E-state index in [1.807, 2.05) is 11.8 Å². The van der Waals surface area contributed by atoms with Crippen molar-refractivity contribution in [2.24, 2.45) is 5.73 Å². The number of rotatable bonds is 3. The van der Waals surface area contributed by atoms with E-state index in [1.54, 1.807) is 0 Å². The van der Waals surface area contributed by atoms with Gasteiger partial charge in [-0.3, -0.25) is 4.79 Å². The molecule has 1 aliphatic rings. The topological polar surface area (TPSA) is 46.3 Å². The van der Waals surface area contributed by atoms with E-state index in [4.69, 9.17) is 5.73 Å². The summed E-state index contributed by atoms with van der Waals surface area (Å²) in [5.74, 6) is 2.19. The van der Waals surface area contributed by atoms with E-state index in [0.29, 0.717) is 6.42 Å². The summed E-state index contributed by atoms with van der Waals surface area (Å²) in [7, 11) is 0. The Bertz CT molecular complexity index is 134. The molecule has 2 N–H and O–H groups in total. The molecule has 0 aromatic rings. The number of primary amides is 1. The van der Waals surface area contributed by atoms with Crippen LogP contribution >= 0.6 is 11.8 Å². The fourth-order valence-corrected chi connectivity index (χ4v) is 2.07. The highest BCUT2D eigenvalue weighted by Gasteiger charge is 2.09. The van der Waals surface area contributed by atoms with Crippen LogP contribution in [0.25, 0.3) is 0 Å². The minimum absolute atomic E-state index is 0.191. The third kappa shape index (κ3) is 3.62. The first-order valence-corrected chi connectivity index (χ1v) is 5.03. The zero-order valence-corrected chi connectivity index (χ0v) is 7.40. The number of hydrogen-bond acceptors (Lipinski definition) is 3. The van der Waals surface area contributed by atoms with Gasteiger partial charge in [-0.25, -0.2) is 0 Å². The molecule has 0 saturated carbocycles.